The van der Waals surface area contributed by atoms with Gasteiger partial charge in [-0.15, -0.1) is 0 Å². The van der Waals surface area contributed by atoms with Gasteiger partial charge in [-0.05, 0) is 26.7 Å². The first-order valence-corrected chi connectivity index (χ1v) is 7.91. The fraction of sp³-hybridized carbons (Fsp3) is 0.500. The van der Waals surface area contributed by atoms with Gasteiger partial charge in [0.1, 0.15) is 6.04 Å². The highest BCUT2D eigenvalue weighted by Gasteiger charge is 2.49. The molecular weight excluding hydrogens is 308 g/mol. The Bertz CT molecular complexity index is 748. The fourth-order valence-electron chi connectivity index (χ4n) is 2.67. The Kier molecular flexibility index (Phi) is 4.10. The van der Waals surface area contributed by atoms with Crippen molar-refractivity contribution in [2.45, 2.75) is 44.4 Å². The molecular formula is C16H22N6O2. The van der Waals surface area contributed by atoms with Crippen LogP contribution in [-0.4, -0.2) is 42.9 Å². The molecule has 0 aliphatic heterocycles. The number of aliphatic hydroxyl groups is 1. The summed E-state index contributed by atoms with van der Waals surface area (Å²) < 4.78 is 1.75. The molecule has 4 N–H and O–H groups in total. The molecule has 2 heterocycles. The van der Waals surface area contributed by atoms with Crippen LogP contribution in [0.4, 0.5) is 0 Å². The summed E-state index contributed by atoms with van der Waals surface area (Å²) in [5, 5.41) is 16.6. The van der Waals surface area contributed by atoms with Crippen LogP contribution in [0.25, 0.3) is 11.1 Å². The van der Waals surface area contributed by atoms with Gasteiger partial charge in [0.2, 0.25) is 5.91 Å². The quantitative estimate of drug-likeness (QED) is 0.710. The first-order valence-electron chi connectivity index (χ1n) is 7.91. The molecule has 2 unspecified atom stereocenters. The topological polar surface area (TPSA) is 119 Å². The number of amides is 1. The van der Waals surface area contributed by atoms with Gasteiger partial charge >= 0.3 is 0 Å². The molecule has 24 heavy (non-hydrogen) atoms. The maximum Gasteiger partial charge on any atom is 0.240 e. The van der Waals surface area contributed by atoms with Crippen molar-refractivity contribution in [3.8, 4) is 11.1 Å². The Hall–Kier alpha value is -2.32. The van der Waals surface area contributed by atoms with Gasteiger partial charge in [-0.25, -0.2) is 9.97 Å². The minimum Gasteiger partial charge on any atom is -0.391 e. The number of aliphatic hydroxyl groups excluding tert-OH is 1. The van der Waals surface area contributed by atoms with Crippen molar-refractivity contribution in [3.63, 3.8) is 0 Å². The third-order valence-electron chi connectivity index (χ3n) is 4.34. The first kappa shape index (κ1) is 16.5. The standard InChI is InChI=1S/C16H22N6O2/c1-9-12(8-22(3)21-9)11-6-18-15(19-7-11)16(4-5-16)20-14(24)13(17)10(2)23/h6-8,10,13,23H,4-5,17H2,1-3H3,(H,20,24). The Morgan fingerprint density at radius 3 is 2.50 bits per heavy atom. The largest absolute Gasteiger partial charge is 0.391 e. The second kappa shape index (κ2) is 5.95. The van der Waals surface area contributed by atoms with E-state index in [-0.39, 0.29) is 0 Å². The third-order valence-corrected chi connectivity index (χ3v) is 4.34. The minimum atomic E-state index is -0.959. The van der Waals surface area contributed by atoms with Crippen LogP contribution >= 0.6 is 0 Å². The summed E-state index contributed by atoms with van der Waals surface area (Å²) in [6, 6.07) is -0.959. The lowest BCUT2D eigenvalue weighted by Crippen LogP contribution is -2.50. The molecule has 1 aliphatic carbocycles. The van der Waals surface area contributed by atoms with Crippen LogP contribution in [0.15, 0.2) is 18.6 Å². The number of nitrogens with one attached hydrogen (secondary N) is 1. The number of rotatable bonds is 5. The van der Waals surface area contributed by atoms with Crippen molar-refractivity contribution in [1.82, 2.24) is 25.1 Å². The van der Waals surface area contributed by atoms with E-state index in [1.807, 2.05) is 20.2 Å². The first-order chi connectivity index (χ1) is 11.3. The van der Waals surface area contributed by atoms with E-state index in [0.717, 1.165) is 29.7 Å². The summed E-state index contributed by atoms with van der Waals surface area (Å²) in [5.74, 6) is 0.178. The molecule has 1 aliphatic rings. The molecule has 3 rings (SSSR count). The van der Waals surface area contributed by atoms with Gasteiger partial charge < -0.3 is 16.2 Å². The van der Waals surface area contributed by atoms with Crippen molar-refractivity contribution in [3.05, 3.63) is 30.1 Å². The van der Waals surface area contributed by atoms with Crippen molar-refractivity contribution in [2.75, 3.05) is 0 Å². The molecule has 1 fully saturated rings. The molecule has 2 atom stereocenters. The molecule has 0 saturated heterocycles. The predicted octanol–water partition coefficient (Wildman–Crippen LogP) is -0.00108. The lowest BCUT2D eigenvalue weighted by atomic mass is 10.1. The normalized spacial score (nSPS) is 18.0. The highest BCUT2D eigenvalue weighted by molar-refractivity contribution is 5.83. The predicted molar refractivity (Wildman–Crippen MR) is 87.7 cm³/mol. The number of aromatic nitrogens is 4. The van der Waals surface area contributed by atoms with Gasteiger partial charge in [0.15, 0.2) is 5.82 Å². The summed E-state index contributed by atoms with van der Waals surface area (Å²) in [4.78, 5) is 20.9. The van der Waals surface area contributed by atoms with E-state index in [2.05, 4.69) is 20.4 Å². The van der Waals surface area contributed by atoms with Crippen LogP contribution in [-0.2, 0) is 17.4 Å². The van der Waals surface area contributed by atoms with E-state index in [9.17, 15) is 9.90 Å². The van der Waals surface area contributed by atoms with Gasteiger partial charge in [-0.1, -0.05) is 0 Å². The summed E-state index contributed by atoms with van der Waals surface area (Å²) >= 11 is 0. The highest BCUT2D eigenvalue weighted by atomic mass is 16.3. The summed E-state index contributed by atoms with van der Waals surface area (Å²) in [6.07, 6.45) is 6.02. The Morgan fingerprint density at radius 1 is 1.42 bits per heavy atom. The number of nitrogens with zero attached hydrogens (tertiary/aromatic N) is 4. The summed E-state index contributed by atoms with van der Waals surface area (Å²) in [7, 11) is 1.87. The number of carbonyl (C=O) groups is 1. The van der Waals surface area contributed by atoms with Crippen molar-refractivity contribution in [2.24, 2.45) is 12.8 Å². The number of aryl methyl sites for hydroxylation is 2. The zero-order valence-corrected chi connectivity index (χ0v) is 14.0. The van der Waals surface area contributed by atoms with Gasteiger partial charge in [-0.2, -0.15) is 5.10 Å². The lowest BCUT2D eigenvalue weighted by Gasteiger charge is -2.20. The smallest absolute Gasteiger partial charge is 0.240 e. The second-order valence-electron chi connectivity index (χ2n) is 6.43. The van der Waals surface area contributed by atoms with Crippen LogP contribution < -0.4 is 11.1 Å². The maximum atomic E-state index is 12.1. The summed E-state index contributed by atoms with van der Waals surface area (Å²) in [6.45, 7) is 3.43. The van der Waals surface area contributed by atoms with Gasteiger partial charge in [0.05, 0.1) is 17.3 Å². The van der Waals surface area contributed by atoms with E-state index < -0.39 is 23.6 Å². The van der Waals surface area contributed by atoms with Gasteiger partial charge in [0, 0.05) is 36.8 Å². The molecule has 0 spiro atoms. The average molecular weight is 330 g/mol. The molecule has 0 bridgehead atoms. The molecule has 8 heteroatoms. The van der Waals surface area contributed by atoms with Crippen molar-refractivity contribution < 1.29 is 9.90 Å². The highest BCUT2D eigenvalue weighted by Crippen LogP contribution is 2.43. The Morgan fingerprint density at radius 2 is 2.04 bits per heavy atom. The maximum absolute atomic E-state index is 12.1. The molecule has 1 amide bonds. The van der Waals surface area contributed by atoms with Crippen LogP contribution in [0.1, 0.15) is 31.3 Å². The van der Waals surface area contributed by atoms with Crippen LogP contribution in [0.3, 0.4) is 0 Å². The third kappa shape index (κ3) is 3.02. The van der Waals surface area contributed by atoms with E-state index in [0.29, 0.717) is 5.82 Å². The van der Waals surface area contributed by atoms with E-state index >= 15 is 0 Å². The average Bonchev–Trinajstić information content (AvgIpc) is 3.24. The second-order valence-corrected chi connectivity index (χ2v) is 6.43. The minimum absolute atomic E-state index is 0.390. The van der Waals surface area contributed by atoms with Crippen molar-refractivity contribution in [1.29, 1.82) is 0 Å². The molecule has 2 aromatic heterocycles. The molecule has 8 nitrogen and oxygen atoms in total. The van der Waals surface area contributed by atoms with Crippen molar-refractivity contribution >= 4 is 5.91 Å². The van der Waals surface area contributed by atoms with Crippen LogP contribution in [0.5, 0.6) is 0 Å². The van der Waals surface area contributed by atoms with E-state index in [1.165, 1.54) is 6.92 Å². The van der Waals surface area contributed by atoms with Gasteiger partial charge in [-0.3, -0.25) is 9.48 Å². The number of carbonyl (C=O) groups excluding carboxylic acids is 1. The number of hydrogen-bond acceptors (Lipinski definition) is 6. The molecule has 0 aromatic carbocycles. The lowest BCUT2D eigenvalue weighted by molar-refractivity contribution is -0.125. The number of hydrogen-bond donors (Lipinski definition) is 3. The van der Waals surface area contributed by atoms with Crippen LogP contribution in [0, 0.1) is 6.92 Å². The van der Waals surface area contributed by atoms with E-state index in [1.54, 1.807) is 17.1 Å². The Labute approximate surface area is 140 Å². The molecule has 0 radical (unpaired) electrons. The molecule has 2 aromatic rings. The van der Waals surface area contributed by atoms with Gasteiger partial charge in [0.25, 0.3) is 0 Å². The van der Waals surface area contributed by atoms with E-state index in [4.69, 9.17) is 5.73 Å². The number of nitrogens with two attached hydrogens (primary N) is 1. The monoisotopic (exact) mass is 330 g/mol. The zero-order chi connectivity index (χ0) is 17.5. The fourth-order valence-corrected chi connectivity index (χ4v) is 2.67. The zero-order valence-electron chi connectivity index (χ0n) is 14.0. The SMILES string of the molecule is Cc1nn(C)cc1-c1cnc(C2(NC(=O)C(N)C(C)O)CC2)nc1. The Balaban J connectivity index is 1.78. The molecule has 128 valence electrons. The summed E-state index contributed by atoms with van der Waals surface area (Å²) in [5.41, 5.74) is 7.89. The van der Waals surface area contributed by atoms with Crippen LogP contribution in [0.2, 0.25) is 0 Å². The molecule has 1 saturated carbocycles.